The van der Waals surface area contributed by atoms with Crippen LogP contribution in [0.3, 0.4) is 0 Å². The summed E-state index contributed by atoms with van der Waals surface area (Å²) < 4.78 is 23.2. The van der Waals surface area contributed by atoms with E-state index in [1.165, 1.54) is 24.4 Å². The molecule has 4 N–H and O–H groups in total. The molecule has 11 heteroatoms. The number of ether oxygens (including phenoxy) is 1. The van der Waals surface area contributed by atoms with E-state index in [-0.39, 0.29) is 23.6 Å². The van der Waals surface area contributed by atoms with Gasteiger partial charge in [-0.15, -0.1) is 0 Å². The Hall–Kier alpha value is -4.12. The number of amides is 2. The molecular weight excluding hydrogens is 467 g/mol. The van der Waals surface area contributed by atoms with Crippen LogP contribution in [0.5, 0.6) is 5.75 Å². The topological polar surface area (TPSA) is 122 Å². The Labute approximate surface area is 206 Å². The summed E-state index contributed by atoms with van der Waals surface area (Å²) in [5, 5.41) is 0.0883. The van der Waals surface area contributed by atoms with Crippen LogP contribution in [-0.2, 0) is 0 Å². The molecule has 2 aliphatic rings. The number of hydrogen-bond acceptors (Lipinski definition) is 7. The van der Waals surface area contributed by atoms with Gasteiger partial charge in [0.25, 0.3) is 5.91 Å². The molecule has 1 aromatic heterocycles. The molecule has 3 heterocycles. The van der Waals surface area contributed by atoms with Crippen molar-refractivity contribution in [2.24, 2.45) is 5.73 Å². The van der Waals surface area contributed by atoms with Crippen molar-refractivity contribution in [3.8, 4) is 5.75 Å². The Bertz CT molecular complexity index is 1410. The third kappa shape index (κ3) is 4.11. The predicted octanol–water partition coefficient (Wildman–Crippen LogP) is 1.70. The average Bonchev–Trinajstić information content (AvgIpc) is 2.86. The van der Waals surface area contributed by atoms with Gasteiger partial charge < -0.3 is 24.8 Å². The van der Waals surface area contributed by atoms with E-state index in [1.807, 2.05) is 23.4 Å². The summed E-state index contributed by atoms with van der Waals surface area (Å²) in [6, 6.07) is 7.19. The molecule has 0 bridgehead atoms. The first-order chi connectivity index (χ1) is 17.2. The van der Waals surface area contributed by atoms with Crippen molar-refractivity contribution in [2.75, 3.05) is 50.2 Å². The van der Waals surface area contributed by atoms with Crippen LogP contribution < -0.4 is 31.7 Å². The first-order valence-corrected chi connectivity index (χ1v) is 11.7. The number of likely N-dealkylation sites (N-methyl/N-ethyl adjacent to an activating group) is 1. The number of rotatable bonds is 5. The third-order valence-corrected chi connectivity index (χ3v) is 6.70. The van der Waals surface area contributed by atoms with Crippen molar-refractivity contribution in [3.05, 3.63) is 63.7 Å². The van der Waals surface area contributed by atoms with Crippen LogP contribution in [0, 0.1) is 5.82 Å². The number of halogens is 1. The normalized spacial score (nSPS) is 17.5. The molecule has 5 rings (SSSR count). The monoisotopic (exact) mass is 494 g/mol. The van der Waals surface area contributed by atoms with Crippen molar-refractivity contribution in [1.82, 2.24) is 14.9 Å². The molecule has 188 valence electrons. The van der Waals surface area contributed by atoms with Gasteiger partial charge in [-0.1, -0.05) is 0 Å². The highest BCUT2D eigenvalue weighted by Crippen LogP contribution is 2.42. The van der Waals surface area contributed by atoms with Gasteiger partial charge in [0.05, 0.1) is 22.6 Å². The summed E-state index contributed by atoms with van der Waals surface area (Å²) in [4.78, 5) is 41.7. The van der Waals surface area contributed by atoms with Crippen molar-refractivity contribution >= 4 is 34.1 Å². The summed E-state index contributed by atoms with van der Waals surface area (Å²) in [5.41, 5.74) is 11.4. The van der Waals surface area contributed by atoms with Crippen molar-refractivity contribution in [1.29, 1.82) is 0 Å². The fourth-order valence-corrected chi connectivity index (χ4v) is 4.61. The maximum absolute atomic E-state index is 15.4. The average molecular weight is 495 g/mol. The molecule has 1 unspecified atom stereocenters. The minimum atomic E-state index is -0.673. The lowest BCUT2D eigenvalue weighted by Gasteiger charge is -2.37. The lowest BCUT2D eigenvalue weighted by molar-refractivity contribution is 0.0958. The second kappa shape index (κ2) is 9.15. The van der Waals surface area contributed by atoms with Crippen LogP contribution >= 0.6 is 0 Å². The SMILES string of the molecule is CC1COc2c(N3CCN(C)CC3)c(F)cc3c(=O)c(C(=O)NNc4ccc(C(N)=O)cc4)cn1c23. The second-order valence-corrected chi connectivity index (χ2v) is 9.18. The number of anilines is 2. The van der Waals surface area contributed by atoms with Gasteiger partial charge in [-0.05, 0) is 44.3 Å². The van der Waals surface area contributed by atoms with Crippen LogP contribution in [0.4, 0.5) is 15.8 Å². The highest BCUT2D eigenvalue weighted by atomic mass is 19.1. The Morgan fingerprint density at radius 2 is 1.83 bits per heavy atom. The van der Waals surface area contributed by atoms with E-state index in [1.54, 1.807) is 12.1 Å². The fraction of sp³-hybridized carbons (Fsp3) is 0.320. The van der Waals surface area contributed by atoms with Gasteiger partial charge in [0.15, 0.2) is 11.6 Å². The summed E-state index contributed by atoms with van der Waals surface area (Å²) >= 11 is 0. The molecule has 2 amide bonds. The number of primary amides is 1. The molecule has 3 aromatic rings. The number of pyridine rings is 1. The smallest absolute Gasteiger partial charge is 0.275 e. The number of benzene rings is 2. The highest BCUT2D eigenvalue weighted by Gasteiger charge is 2.31. The number of nitrogens with two attached hydrogens (primary N) is 1. The molecule has 2 aromatic carbocycles. The van der Waals surface area contributed by atoms with E-state index in [0.29, 0.717) is 41.3 Å². The Morgan fingerprint density at radius 1 is 1.14 bits per heavy atom. The lowest BCUT2D eigenvalue weighted by atomic mass is 10.0. The summed E-state index contributed by atoms with van der Waals surface area (Å²) in [7, 11) is 2.02. The fourth-order valence-electron chi connectivity index (χ4n) is 4.61. The molecule has 1 saturated heterocycles. The van der Waals surface area contributed by atoms with Crippen LogP contribution in [0.1, 0.15) is 33.7 Å². The molecule has 36 heavy (non-hydrogen) atoms. The summed E-state index contributed by atoms with van der Waals surface area (Å²) in [5.74, 6) is -1.45. The maximum atomic E-state index is 15.4. The standard InChI is InChI=1S/C25H27FN6O4/c1-14-13-36-23-20-17(11-19(26)21(23)31-9-7-30(2)8-10-31)22(33)18(12-32(14)20)25(35)29-28-16-5-3-15(4-6-16)24(27)34/h3-6,11-12,14,28H,7-10,13H2,1-2H3,(H2,27,34)(H,29,35). The van der Waals surface area contributed by atoms with Crippen LogP contribution in [0.15, 0.2) is 41.3 Å². The minimum absolute atomic E-state index is 0.0883. The van der Waals surface area contributed by atoms with Gasteiger partial charge in [-0.2, -0.15) is 0 Å². The molecule has 2 aliphatic heterocycles. The third-order valence-electron chi connectivity index (χ3n) is 6.70. The Kier molecular flexibility index (Phi) is 6.00. The van der Waals surface area contributed by atoms with Gasteiger partial charge in [-0.25, -0.2) is 4.39 Å². The minimum Gasteiger partial charge on any atom is -0.487 e. The lowest BCUT2D eigenvalue weighted by Crippen LogP contribution is -2.45. The van der Waals surface area contributed by atoms with Crippen LogP contribution in [0.2, 0.25) is 0 Å². The summed E-state index contributed by atoms with van der Waals surface area (Å²) in [6.07, 6.45) is 1.50. The molecule has 1 atom stereocenters. The van der Waals surface area contributed by atoms with Gasteiger partial charge >= 0.3 is 0 Å². The number of nitrogens with one attached hydrogen (secondary N) is 2. The van der Waals surface area contributed by atoms with E-state index >= 15 is 4.39 Å². The number of hydrogen-bond donors (Lipinski definition) is 3. The van der Waals surface area contributed by atoms with E-state index < -0.39 is 23.1 Å². The summed E-state index contributed by atoms with van der Waals surface area (Å²) in [6.45, 7) is 5.05. The zero-order valence-corrected chi connectivity index (χ0v) is 20.0. The molecular formula is C25H27FN6O4. The van der Waals surface area contributed by atoms with Crippen LogP contribution in [0.25, 0.3) is 10.9 Å². The van der Waals surface area contributed by atoms with Gasteiger partial charge in [0.2, 0.25) is 11.3 Å². The van der Waals surface area contributed by atoms with Gasteiger partial charge in [0.1, 0.15) is 17.9 Å². The highest BCUT2D eigenvalue weighted by molar-refractivity contribution is 6.00. The predicted molar refractivity (Wildman–Crippen MR) is 134 cm³/mol. The first kappa shape index (κ1) is 23.6. The van der Waals surface area contributed by atoms with Crippen molar-refractivity contribution in [2.45, 2.75) is 13.0 Å². The van der Waals surface area contributed by atoms with Crippen molar-refractivity contribution < 1.29 is 18.7 Å². The molecule has 0 aliphatic carbocycles. The Morgan fingerprint density at radius 3 is 2.50 bits per heavy atom. The number of nitrogens with zero attached hydrogens (tertiary/aromatic N) is 3. The zero-order chi connectivity index (χ0) is 25.6. The first-order valence-electron chi connectivity index (χ1n) is 11.7. The maximum Gasteiger partial charge on any atom is 0.275 e. The van der Waals surface area contributed by atoms with E-state index in [9.17, 15) is 14.4 Å². The van der Waals surface area contributed by atoms with Crippen LogP contribution in [-0.4, -0.2) is 61.1 Å². The zero-order valence-electron chi connectivity index (χ0n) is 20.0. The quantitative estimate of drug-likeness (QED) is 0.462. The number of carbonyl (C=O) groups excluding carboxylic acids is 2. The molecule has 10 nitrogen and oxygen atoms in total. The molecule has 0 spiro atoms. The second-order valence-electron chi connectivity index (χ2n) is 9.18. The van der Waals surface area contributed by atoms with Gasteiger partial charge in [0, 0.05) is 37.9 Å². The van der Waals surface area contributed by atoms with E-state index in [0.717, 1.165) is 13.1 Å². The van der Waals surface area contributed by atoms with E-state index in [4.69, 9.17) is 10.5 Å². The molecule has 0 radical (unpaired) electrons. The number of aromatic nitrogens is 1. The molecule has 0 saturated carbocycles. The largest absolute Gasteiger partial charge is 0.487 e. The number of carbonyl (C=O) groups is 2. The molecule has 1 fully saturated rings. The number of hydrazine groups is 1. The Balaban J connectivity index is 1.51. The number of piperazine rings is 1. The van der Waals surface area contributed by atoms with Gasteiger partial charge in [-0.3, -0.25) is 25.2 Å². The van der Waals surface area contributed by atoms with Crippen molar-refractivity contribution in [3.63, 3.8) is 0 Å². The van der Waals surface area contributed by atoms with E-state index in [2.05, 4.69) is 15.8 Å².